The van der Waals surface area contributed by atoms with Crippen molar-refractivity contribution in [3.63, 3.8) is 0 Å². The Kier molecular flexibility index (Phi) is 3.36. The minimum absolute atomic E-state index is 0.108. The van der Waals surface area contributed by atoms with Gasteiger partial charge in [-0.25, -0.2) is 4.68 Å². The number of amides is 1. The number of nitrogens with one attached hydrogen (secondary N) is 1. The number of hydrogen-bond acceptors (Lipinski definition) is 5. The lowest BCUT2D eigenvalue weighted by Gasteiger charge is -2.31. The number of aromatic nitrogens is 4. The van der Waals surface area contributed by atoms with Crippen LogP contribution < -0.4 is 10.2 Å². The van der Waals surface area contributed by atoms with Crippen molar-refractivity contribution < 1.29 is 4.79 Å². The minimum Gasteiger partial charge on any atom is -0.350 e. The topological polar surface area (TPSA) is 75.9 Å². The van der Waals surface area contributed by atoms with E-state index >= 15 is 0 Å². The van der Waals surface area contributed by atoms with Gasteiger partial charge in [-0.15, -0.1) is 0 Å². The van der Waals surface area contributed by atoms with Crippen LogP contribution in [0, 0.1) is 0 Å². The van der Waals surface area contributed by atoms with Crippen LogP contribution in [0.1, 0.15) is 12.8 Å². The number of nitrogens with zero attached hydrogens (tertiary/aromatic N) is 5. The predicted octanol–water partition coefficient (Wildman–Crippen LogP) is -0.519. The number of anilines is 1. The molecule has 1 fully saturated rings. The normalized spacial score (nSPS) is 16.9. The molecular formula is C10H16N6O. The van der Waals surface area contributed by atoms with Gasteiger partial charge in [0, 0.05) is 26.2 Å². The van der Waals surface area contributed by atoms with E-state index in [2.05, 4.69) is 32.3 Å². The molecule has 1 aliphatic rings. The van der Waals surface area contributed by atoms with Gasteiger partial charge < -0.3 is 10.2 Å². The van der Waals surface area contributed by atoms with E-state index in [1.807, 2.05) is 7.05 Å². The van der Waals surface area contributed by atoms with Gasteiger partial charge in [-0.3, -0.25) is 4.79 Å². The Bertz CT molecular complexity index is 407. The monoisotopic (exact) mass is 236 g/mol. The molecule has 1 saturated heterocycles. The third-order valence-electron chi connectivity index (χ3n) is 2.91. The van der Waals surface area contributed by atoms with Gasteiger partial charge >= 0.3 is 0 Å². The summed E-state index contributed by atoms with van der Waals surface area (Å²) in [7, 11) is 1.82. The van der Waals surface area contributed by atoms with E-state index in [0.717, 1.165) is 31.9 Å². The molecule has 1 N–H and O–H groups in total. The quantitative estimate of drug-likeness (QED) is 0.715. The molecule has 0 atom stereocenters. The summed E-state index contributed by atoms with van der Waals surface area (Å²) in [6, 6.07) is 0.220. The molecule has 1 aliphatic heterocycles. The van der Waals surface area contributed by atoms with Crippen molar-refractivity contribution in [1.82, 2.24) is 25.5 Å². The molecule has 0 spiro atoms. The molecule has 2 rings (SSSR count). The maximum atomic E-state index is 11.2. The van der Waals surface area contributed by atoms with Crippen LogP contribution >= 0.6 is 0 Å². The van der Waals surface area contributed by atoms with Crippen molar-refractivity contribution in [2.75, 3.05) is 18.0 Å². The summed E-state index contributed by atoms with van der Waals surface area (Å²) in [5, 5.41) is 14.3. The molecule has 0 aromatic carbocycles. The van der Waals surface area contributed by atoms with Crippen LogP contribution in [0.2, 0.25) is 0 Å². The van der Waals surface area contributed by atoms with Gasteiger partial charge in [0.15, 0.2) is 0 Å². The summed E-state index contributed by atoms with van der Waals surface area (Å²) in [4.78, 5) is 13.3. The first kappa shape index (κ1) is 11.6. The molecular weight excluding hydrogens is 220 g/mol. The highest BCUT2D eigenvalue weighted by Gasteiger charge is 2.22. The third-order valence-corrected chi connectivity index (χ3v) is 2.91. The first-order valence-electron chi connectivity index (χ1n) is 5.61. The van der Waals surface area contributed by atoms with Gasteiger partial charge in [0.2, 0.25) is 11.9 Å². The summed E-state index contributed by atoms with van der Waals surface area (Å²) in [5.41, 5.74) is 0. The van der Waals surface area contributed by atoms with E-state index in [1.54, 1.807) is 4.68 Å². The highest BCUT2D eigenvalue weighted by Crippen LogP contribution is 2.15. The van der Waals surface area contributed by atoms with Crippen LogP contribution in [-0.4, -0.2) is 45.2 Å². The number of carbonyl (C=O) groups is 1. The van der Waals surface area contributed by atoms with Crippen LogP contribution in [0.5, 0.6) is 0 Å². The zero-order valence-corrected chi connectivity index (χ0v) is 9.83. The summed E-state index contributed by atoms with van der Waals surface area (Å²) in [6.07, 6.45) is 3.10. The van der Waals surface area contributed by atoms with Crippen molar-refractivity contribution in [2.24, 2.45) is 7.05 Å². The maximum absolute atomic E-state index is 11.2. The molecule has 0 bridgehead atoms. The number of carbonyl (C=O) groups excluding carboxylic acids is 1. The predicted molar refractivity (Wildman–Crippen MR) is 62.4 cm³/mol. The Balaban J connectivity index is 1.88. The standard InChI is InChI=1S/C10H16N6O/c1-3-9(17)11-8-4-6-16(7-5-8)10-12-13-14-15(10)2/h3,8H,1,4-7H2,2H3,(H,11,17). The first-order chi connectivity index (χ1) is 8.20. The van der Waals surface area contributed by atoms with Gasteiger partial charge in [-0.1, -0.05) is 11.7 Å². The summed E-state index contributed by atoms with van der Waals surface area (Å²) in [6.45, 7) is 5.13. The molecule has 7 nitrogen and oxygen atoms in total. The van der Waals surface area contributed by atoms with Crippen LogP contribution in [0.25, 0.3) is 0 Å². The van der Waals surface area contributed by atoms with Crippen molar-refractivity contribution in [1.29, 1.82) is 0 Å². The number of aryl methyl sites for hydroxylation is 1. The Morgan fingerprint density at radius 2 is 2.24 bits per heavy atom. The Hall–Kier alpha value is -1.92. The fourth-order valence-corrected chi connectivity index (χ4v) is 1.98. The van der Waals surface area contributed by atoms with Crippen molar-refractivity contribution in [3.8, 4) is 0 Å². The van der Waals surface area contributed by atoms with Gasteiger partial charge in [0.1, 0.15) is 0 Å². The average Bonchev–Trinajstić information content (AvgIpc) is 2.76. The molecule has 0 radical (unpaired) electrons. The molecule has 92 valence electrons. The second-order valence-corrected chi connectivity index (χ2v) is 4.08. The fraction of sp³-hybridized carbons (Fsp3) is 0.600. The van der Waals surface area contributed by atoms with Crippen LogP contribution in [0.3, 0.4) is 0 Å². The molecule has 1 aromatic rings. The Morgan fingerprint density at radius 3 is 2.76 bits per heavy atom. The van der Waals surface area contributed by atoms with Gasteiger partial charge in [-0.05, 0) is 29.3 Å². The lowest BCUT2D eigenvalue weighted by molar-refractivity contribution is -0.117. The Morgan fingerprint density at radius 1 is 1.53 bits per heavy atom. The highest BCUT2D eigenvalue weighted by atomic mass is 16.1. The SMILES string of the molecule is C=CC(=O)NC1CCN(c2nnnn2C)CC1. The van der Waals surface area contributed by atoms with Gasteiger partial charge in [0.25, 0.3) is 0 Å². The Labute approximate surface area is 99.5 Å². The number of piperidine rings is 1. The van der Waals surface area contributed by atoms with Gasteiger partial charge in [0.05, 0.1) is 0 Å². The molecule has 17 heavy (non-hydrogen) atoms. The summed E-state index contributed by atoms with van der Waals surface area (Å²) >= 11 is 0. The number of rotatable bonds is 3. The van der Waals surface area contributed by atoms with E-state index < -0.39 is 0 Å². The van der Waals surface area contributed by atoms with Crippen LogP contribution in [-0.2, 0) is 11.8 Å². The first-order valence-corrected chi connectivity index (χ1v) is 5.61. The molecule has 1 aromatic heterocycles. The van der Waals surface area contributed by atoms with E-state index in [-0.39, 0.29) is 11.9 Å². The second kappa shape index (κ2) is 4.94. The van der Waals surface area contributed by atoms with E-state index in [9.17, 15) is 4.79 Å². The van der Waals surface area contributed by atoms with Gasteiger partial charge in [-0.2, -0.15) is 0 Å². The molecule has 7 heteroatoms. The van der Waals surface area contributed by atoms with Crippen molar-refractivity contribution in [2.45, 2.75) is 18.9 Å². The highest BCUT2D eigenvalue weighted by molar-refractivity contribution is 5.87. The third kappa shape index (κ3) is 2.61. The van der Waals surface area contributed by atoms with E-state index in [4.69, 9.17) is 0 Å². The molecule has 1 amide bonds. The molecule has 2 heterocycles. The summed E-state index contributed by atoms with van der Waals surface area (Å²) < 4.78 is 1.66. The smallest absolute Gasteiger partial charge is 0.245 e. The molecule has 0 unspecified atom stereocenters. The summed E-state index contributed by atoms with van der Waals surface area (Å²) in [5.74, 6) is 0.669. The van der Waals surface area contributed by atoms with Crippen LogP contribution in [0.4, 0.5) is 5.95 Å². The van der Waals surface area contributed by atoms with Crippen molar-refractivity contribution >= 4 is 11.9 Å². The van der Waals surface area contributed by atoms with Crippen LogP contribution in [0.15, 0.2) is 12.7 Å². The minimum atomic E-state index is -0.108. The number of hydrogen-bond donors (Lipinski definition) is 1. The lowest BCUT2D eigenvalue weighted by Crippen LogP contribution is -2.45. The zero-order chi connectivity index (χ0) is 12.3. The zero-order valence-electron chi connectivity index (χ0n) is 9.83. The molecule has 0 saturated carbocycles. The number of tetrazole rings is 1. The van der Waals surface area contributed by atoms with E-state index in [1.165, 1.54) is 6.08 Å². The maximum Gasteiger partial charge on any atom is 0.245 e. The lowest BCUT2D eigenvalue weighted by atomic mass is 10.1. The van der Waals surface area contributed by atoms with E-state index in [0.29, 0.717) is 0 Å². The largest absolute Gasteiger partial charge is 0.350 e. The average molecular weight is 236 g/mol. The van der Waals surface area contributed by atoms with Crippen molar-refractivity contribution in [3.05, 3.63) is 12.7 Å². The molecule has 0 aliphatic carbocycles. The fourth-order valence-electron chi connectivity index (χ4n) is 1.98. The second-order valence-electron chi connectivity index (χ2n) is 4.08.